The lowest BCUT2D eigenvalue weighted by Crippen LogP contribution is -2.61. The maximum absolute atomic E-state index is 14.1. The molecule has 9 rings (SSSR count). The van der Waals surface area contributed by atoms with Crippen LogP contribution in [0.5, 0.6) is 0 Å². The van der Waals surface area contributed by atoms with Gasteiger partial charge in [-0.3, -0.25) is 9.59 Å². The molecule has 0 spiro atoms. The number of benzene rings is 3. The van der Waals surface area contributed by atoms with E-state index in [4.69, 9.17) is 16.0 Å². The van der Waals surface area contributed by atoms with Crippen molar-refractivity contribution < 1.29 is 14.3 Å². The molecule has 5 aromatic rings. The van der Waals surface area contributed by atoms with Gasteiger partial charge >= 0.3 is 0 Å². The molecule has 2 heterocycles. The van der Waals surface area contributed by atoms with Crippen molar-refractivity contribution in [2.24, 2.45) is 17.8 Å². The summed E-state index contributed by atoms with van der Waals surface area (Å²) in [6.45, 7) is 0. The number of nitrogens with one attached hydrogen (secondary N) is 1. The fourth-order valence-electron chi connectivity index (χ4n) is 8.41. The number of carbonyl (C=O) groups is 1. The van der Waals surface area contributed by atoms with Crippen LogP contribution in [0.4, 0.5) is 0 Å². The highest BCUT2D eigenvalue weighted by Crippen LogP contribution is 2.55. The molecule has 0 saturated heterocycles. The number of halogens is 1. The molecule has 7 nitrogen and oxygen atoms in total. The van der Waals surface area contributed by atoms with E-state index in [-0.39, 0.29) is 17.4 Å². The van der Waals surface area contributed by atoms with Crippen LogP contribution in [-0.2, 0) is 6.42 Å². The van der Waals surface area contributed by atoms with Gasteiger partial charge in [0.25, 0.3) is 5.91 Å². The number of carbonyl (C=O) groups excluding carboxylic acids is 1. The van der Waals surface area contributed by atoms with Gasteiger partial charge in [0.05, 0.1) is 17.3 Å². The van der Waals surface area contributed by atoms with Gasteiger partial charge in [-0.1, -0.05) is 41.9 Å². The van der Waals surface area contributed by atoms with Crippen LogP contribution < -0.4 is 10.7 Å². The Bertz CT molecular complexity index is 1920. The van der Waals surface area contributed by atoms with Crippen LogP contribution in [0.1, 0.15) is 53.6 Å². The summed E-state index contributed by atoms with van der Waals surface area (Å²) in [5.74, 6) is 1.52. The Balaban J connectivity index is 1.14. The molecule has 1 amide bonds. The van der Waals surface area contributed by atoms with Crippen molar-refractivity contribution in [2.45, 2.75) is 50.2 Å². The van der Waals surface area contributed by atoms with Gasteiger partial charge in [0.15, 0.2) is 5.43 Å². The Labute approximate surface area is 259 Å². The van der Waals surface area contributed by atoms with Gasteiger partial charge in [-0.15, -0.1) is 0 Å². The molecule has 4 aliphatic carbocycles. The minimum Gasteiger partial charge on any atom is -0.443 e. The van der Waals surface area contributed by atoms with Crippen LogP contribution in [0.2, 0.25) is 5.02 Å². The number of para-hydroxylation sites is 1. The second-order valence-corrected chi connectivity index (χ2v) is 13.3. The van der Waals surface area contributed by atoms with Crippen molar-refractivity contribution in [3.05, 3.63) is 117 Å². The lowest BCUT2D eigenvalue weighted by molar-refractivity contribution is -0.136. The Hall–Kier alpha value is -4.20. The third kappa shape index (κ3) is 4.66. The highest BCUT2D eigenvalue weighted by Gasteiger charge is 2.55. The van der Waals surface area contributed by atoms with Crippen LogP contribution in [0, 0.1) is 17.8 Å². The standard InChI is InChI=1S/C36H32ClN3O4/c37-26-10-11-28-30(17-26)40(27-4-2-1-3-5-27)32(35-38-12-13-44-35)29(33(28)41)16-21-6-8-23(9-7-21)34(42)39-31-24-14-22-15-25(31)20-36(43,18-22)19-24/h1-13,17,22,24-25,31,43H,14-16,18-20H2,(H,39,42)/t22?,24-,25+,31?,36?. The second kappa shape index (κ2) is 10.5. The van der Waals surface area contributed by atoms with E-state index in [1.54, 1.807) is 24.4 Å². The molecule has 222 valence electrons. The normalized spacial score (nSPS) is 25.4. The lowest BCUT2D eigenvalue weighted by atomic mass is 9.52. The molecule has 2 N–H and O–H groups in total. The first-order valence-electron chi connectivity index (χ1n) is 15.3. The number of oxazole rings is 1. The summed E-state index contributed by atoms with van der Waals surface area (Å²) in [7, 11) is 0. The molecule has 44 heavy (non-hydrogen) atoms. The molecule has 5 atom stereocenters. The number of nitrogens with zero attached hydrogens (tertiary/aromatic N) is 2. The third-order valence-electron chi connectivity index (χ3n) is 10.0. The SMILES string of the molecule is O=C(NC1[C@@H]2CC3C[C@H]1CC(O)(C3)C2)c1ccc(Cc2c(-c3ncco3)n(-c3ccccc3)c3cc(Cl)ccc3c2=O)cc1. The predicted octanol–water partition coefficient (Wildman–Crippen LogP) is 6.56. The first kappa shape index (κ1) is 27.4. The summed E-state index contributed by atoms with van der Waals surface area (Å²) < 4.78 is 7.77. The van der Waals surface area contributed by atoms with Gasteiger partial charge in [-0.25, -0.2) is 4.98 Å². The first-order valence-corrected chi connectivity index (χ1v) is 15.7. The summed E-state index contributed by atoms with van der Waals surface area (Å²) in [6.07, 6.45) is 8.06. The molecular weight excluding hydrogens is 574 g/mol. The zero-order chi connectivity index (χ0) is 30.0. The van der Waals surface area contributed by atoms with Crippen LogP contribution in [0.15, 0.2) is 94.5 Å². The van der Waals surface area contributed by atoms with Crippen LogP contribution in [0.25, 0.3) is 28.2 Å². The van der Waals surface area contributed by atoms with E-state index in [1.807, 2.05) is 59.2 Å². The lowest BCUT2D eigenvalue weighted by Gasteiger charge is -2.58. The molecule has 2 aromatic heterocycles. The van der Waals surface area contributed by atoms with Crippen LogP contribution in [-0.4, -0.2) is 32.2 Å². The Morgan fingerprint density at radius 2 is 1.77 bits per heavy atom. The van der Waals surface area contributed by atoms with Crippen molar-refractivity contribution in [2.75, 3.05) is 0 Å². The topological polar surface area (TPSA) is 97.4 Å². The highest BCUT2D eigenvalue weighted by molar-refractivity contribution is 6.31. The minimum absolute atomic E-state index is 0.0875. The number of pyridine rings is 1. The van der Waals surface area contributed by atoms with Crippen LogP contribution in [0.3, 0.4) is 0 Å². The monoisotopic (exact) mass is 605 g/mol. The van der Waals surface area contributed by atoms with Crippen molar-refractivity contribution in [3.63, 3.8) is 0 Å². The number of fused-ring (bicyclic) bond motifs is 1. The van der Waals surface area contributed by atoms with Crippen LogP contribution >= 0.6 is 11.6 Å². The molecule has 3 aromatic carbocycles. The smallest absolute Gasteiger partial charge is 0.251 e. The van der Waals surface area contributed by atoms with Gasteiger partial charge in [0, 0.05) is 39.7 Å². The summed E-state index contributed by atoms with van der Waals surface area (Å²) in [5, 5.41) is 15.3. The molecular formula is C36H32ClN3O4. The summed E-state index contributed by atoms with van der Waals surface area (Å²) >= 11 is 6.42. The van der Waals surface area contributed by atoms with Crippen molar-refractivity contribution in [1.29, 1.82) is 0 Å². The van der Waals surface area contributed by atoms with Gasteiger partial charge in [-0.2, -0.15) is 0 Å². The summed E-state index contributed by atoms with van der Waals surface area (Å²) in [6, 6.07) is 22.6. The van der Waals surface area contributed by atoms with Gasteiger partial charge < -0.3 is 19.4 Å². The number of aliphatic hydroxyl groups is 1. The third-order valence-corrected chi connectivity index (χ3v) is 10.2. The Morgan fingerprint density at radius 1 is 1.02 bits per heavy atom. The number of hydrogen-bond acceptors (Lipinski definition) is 5. The van der Waals surface area contributed by atoms with Crippen molar-refractivity contribution in [1.82, 2.24) is 14.9 Å². The average molecular weight is 606 g/mol. The van der Waals surface area contributed by atoms with E-state index in [0.717, 1.165) is 43.4 Å². The van der Waals surface area contributed by atoms with E-state index in [0.29, 0.717) is 62.8 Å². The van der Waals surface area contributed by atoms with Gasteiger partial charge in [-0.05, 0) is 97.9 Å². The van der Waals surface area contributed by atoms with Crippen molar-refractivity contribution in [3.8, 4) is 17.3 Å². The summed E-state index contributed by atoms with van der Waals surface area (Å²) in [4.78, 5) is 31.9. The number of hydrogen-bond donors (Lipinski definition) is 2. The molecule has 8 heteroatoms. The van der Waals surface area contributed by atoms with E-state index in [2.05, 4.69) is 10.3 Å². The number of aromatic nitrogens is 2. The van der Waals surface area contributed by atoms with Gasteiger partial charge in [0.2, 0.25) is 5.89 Å². The zero-order valence-corrected chi connectivity index (χ0v) is 24.8. The van der Waals surface area contributed by atoms with Gasteiger partial charge in [0.1, 0.15) is 12.0 Å². The number of amides is 1. The maximum Gasteiger partial charge on any atom is 0.251 e. The fourth-order valence-corrected chi connectivity index (χ4v) is 8.58. The largest absolute Gasteiger partial charge is 0.443 e. The quantitative estimate of drug-likeness (QED) is 0.228. The van der Waals surface area contributed by atoms with E-state index in [1.165, 1.54) is 6.26 Å². The Morgan fingerprint density at radius 3 is 2.45 bits per heavy atom. The minimum atomic E-state index is -0.530. The first-order chi connectivity index (χ1) is 21.3. The fraction of sp³-hybridized carbons (Fsp3) is 0.306. The number of rotatable bonds is 6. The molecule has 4 saturated carbocycles. The van der Waals surface area contributed by atoms with E-state index in [9.17, 15) is 14.7 Å². The summed E-state index contributed by atoms with van der Waals surface area (Å²) in [5.41, 5.74) is 3.42. The average Bonchev–Trinajstić information content (AvgIpc) is 3.55. The molecule has 4 bridgehead atoms. The molecule has 4 aliphatic rings. The molecule has 0 aliphatic heterocycles. The molecule has 3 unspecified atom stereocenters. The highest BCUT2D eigenvalue weighted by atomic mass is 35.5. The maximum atomic E-state index is 14.1. The van der Waals surface area contributed by atoms with E-state index < -0.39 is 5.60 Å². The Kier molecular flexibility index (Phi) is 6.50. The molecule has 0 radical (unpaired) electrons. The van der Waals surface area contributed by atoms with E-state index >= 15 is 0 Å². The predicted molar refractivity (Wildman–Crippen MR) is 169 cm³/mol. The second-order valence-electron chi connectivity index (χ2n) is 12.9. The molecule has 4 fully saturated rings. The van der Waals surface area contributed by atoms with Crippen molar-refractivity contribution >= 4 is 28.4 Å². The zero-order valence-electron chi connectivity index (χ0n) is 24.1.